The molecule has 1 unspecified atom stereocenters. The molecule has 0 aliphatic rings. The number of hydrogen-bond acceptors (Lipinski definition) is 6. The zero-order valence-electron chi connectivity index (χ0n) is 22.3. The van der Waals surface area contributed by atoms with Crippen molar-refractivity contribution in [2.24, 2.45) is 0 Å². The Morgan fingerprint density at radius 1 is 0.778 bits per heavy atom. The lowest BCUT2D eigenvalue weighted by Crippen LogP contribution is -2.04. The maximum Gasteiger partial charge on any atom is 0.472 e. The quantitative estimate of drug-likeness (QED) is 0.0671. The third-order valence-electron chi connectivity index (χ3n) is 5.82. The van der Waals surface area contributed by atoms with Gasteiger partial charge in [-0.25, -0.2) is 9.36 Å². The highest BCUT2D eigenvalue weighted by Gasteiger charge is 2.20. The number of esters is 1. The summed E-state index contributed by atoms with van der Waals surface area (Å²) in [6.45, 7) is 2.76. The molecule has 1 aromatic rings. The van der Waals surface area contributed by atoms with E-state index in [1.807, 2.05) is 24.3 Å². The van der Waals surface area contributed by atoms with Gasteiger partial charge in [0.15, 0.2) is 0 Å². The van der Waals surface area contributed by atoms with Gasteiger partial charge in [0.25, 0.3) is 0 Å². The molecule has 0 amide bonds. The van der Waals surface area contributed by atoms with Crippen LogP contribution in [0.25, 0.3) is 6.08 Å². The first-order chi connectivity index (χ1) is 17.5. The predicted molar refractivity (Wildman–Crippen MR) is 145 cm³/mol. The number of methoxy groups -OCH3 is 1. The Kier molecular flexibility index (Phi) is 19.3. The summed E-state index contributed by atoms with van der Waals surface area (Å²) >= 11 is 0. The minimum Gasteiger partial charge on any atom is -0.497 e. The average Bonchev–Trinajstić information content (AvgIpc) is 2.87. The summed E-state index contributed by atoms with van der Waals surface area (Å²) in [6.07, 6.45) is 18.8. The zero-order valence-corrected chi connectivity index (χ0v) is 23.2. The van der Waals surface area contributed by atoms with Crippen LogP contribution in [-0.4, -0.2) is 37.8 Å². The van der Waals surface area contributed by atoms with Crippen LogP contribution in [0.3, 0.4) is 0 Å². The SMILES string of the molecule is CCCCCCCCCCCCCCOP(=O)(O)OCCCCOC(=O)/C=C\c1ccc(OC)cc1. The molecule has 7 nitrogen and oxygen atoms in total. The molecule has 0 radical (unpaired) electrons. The van der Waals surface area contributed by atoms with Gasteiger partial charge in [-0.05, 0) is 43.0 Å². The first-order valence-corrected chi connectivity index (χ1v) is 15.1. The predicted octanol–water partition coefficient (Wildman–Crippen LogP) is 7.87. The van der Waals surface area contributed by atoms with Crippen LogP contribution < -0.4 is 4.74 Å². The van der Waals surface area contributed by atoms with E-state index in [0.717, 1.165) is 30.6 Å². The van der Waals surface area contributed by atoms with Crippen molar-refractivity contribution in [3.63, 3.8) is 0 Å². The van der Waals surface area contributed by atoms with Crippen molar-refractivity contribution in [3.8, 4) is 5.75 Å². The van der Waals surface area contributed by atoms with E-state index in [2.05, 4.69) is 6.92 Å². The smallest absolute Gasteiger partial charge is 0.472 e. The standard InChI is InChI=1S/C28H47O7P/c1-3-4-5-6-7-8-9-10-11-12-13-14-24-34-36(30,31)35-25-16-15-23-33-28(29)22-19-26-17-20-27(32-2)21-18-26/h17-22H,3-16,23-25H2,1-2H3,(H,30,31)/b22-19-. The van der Waals surface area contributed by atoms with Gasteiger partial charge >= 0.3 is 13.8 Å². The van der Waals surface area contributed by atoms with E-state index in [-0.39, 0.29) is 19.8 Å². The van der Waals surface area contributed by atoms with Crippen LogP contribution in [0.4, 0.5) is 0 Å². The minimum absolute atomic E-state index is 0.0749. The molecule has 36 heavy (non-hydrogen) atoms. The van der Waals surface area contributed by atoms with E-state index in [1.165, 1.54) is 63.9 Å². The van der Waals surface area contributed by atoms with Gasteiger partial charge in [0.05, 0.1) is 26.9 Å². The highest BCUT2D eigenvalue weighted by molar-refractivity contribution is 7.47. The van der Waals surface area contributed by atoms with E-state index in [9.17, 15) is 14.3 Å². The van der Waals surface area contributed by atoms with E-state index in [1.54, 1.807) is 13.2 Å². The van der Waals surface area contributed by atoms with Crippen molar-refractivity contribution >= 4 is 19.9 Å². The molecule has 8 heteroatoms. The van der Waals surface area contributed by atoms with Gasteiger partial charge in [-0.1, -0.05) is 89.7 Å². The second-order valence-electron chi connectivity index (χ2n) is 9.01. The Bertz CT molecular complexity index is 749. The summed E-state index contributed by atoms with van der Waals surface area (Å²) in [5.41, 5.74) is 0.864. The fourth-order valence-electron chi connectivity index (χ4n) is 3.64. The maximum atomic E-state index is 11.9. The average molecular weight is 527 g/mol. The summed E-state index contributed by atoms with van der Waals surface area (Å²) in [6, 6.07) is 7.31. The minimum atomic E-state index is -4.02. The fourth-order valence-corrected chi connectivity index (χ4v) is 4.44. The Morgan fingerprint density at radius 3 is 1.78 bits per heavy atom. The third kappa shape index (κ3) is 18.6. The van der Waals surface area contributed by atoms with Crippen LogP contribution in [0.1, 0.15) is 102 Å². The summed E-state index contributed by atoms with van der Waals surface area (Å²) in [5.74, 6) is 0.310. The fraction of sp³-hybridized carbons (Fsp3) is 0.679. The number of unbranched alkanes of at least 4 members (excludes halogenated alkanes) is 12. The van der Waals surface area contributed by atoms with Crippen molar-refractivity contribution in [1.29, 1.82) is 0 Å². The normalized spacial score (nSPS) is 13.1. The number of phosphoric ester groups is 1. The maximum absolute atomic E-state index is 11.9. The van der Waals surface area contributed by atoms with Crippen LogP contribution in [0.2, 0.25) is 0 Å². The molecule has 0 saturated heterocycles. The first kappa shape index (κ1) is 32.4. The summed E-state index contributed by atoms with van der Waals surface area (Å²) in [5, 5.41) is 0. The Balaban J connectivity index is 1.94. The number of carbonyl (C=O) groups is 1. The lowest BCUT2D eigenvalue weighted by molar-refractivity contribution is -0.137. The molecule has 1 atom stereocenters. The Hall–Kier alpha value is -1.66. The highest BCUT2D eigenvalue weighted by atomic mass is 31.2. The van der Waals surface area contributed by atoms with Crippen LogP contribution in [0, 0.1) is 0 Å². The third-order valence-corrected chi connectivity index (χ3v) is 6.84. The second kappa shape index (κ2) is 21.4. The lowest BCUT2D eigenvalue weighted by atomic mass is 10.1. The number of carbonyl (C=O) groups excluding carboxylic acids is 1. The molecule has 0 aromatic heterocycles. The highest BCUT2D eigenvalue weighted by Crippen LogP contribution is 2.43. The monoisotopic (exact) mass is 526 g/mol. The van der Waals surface area contributed by atoms with E-state index in [0.29, 0.717) is 12.8 Å². The largest absolute Gasteiger partial charge is 0.497 e. The van der Waals surface area contributed by atoms with Gasteiger partial charge in [0.2, 0.25) is 0 Å². The molecule has 206 valence electrons. The van der Waals surface area contributed by atoms with Crippen molar-refractivity contribution in [3.05, 3.63) is 35.9 Å². The first-order valence-electron chi connectivity index (χ1n) is 13.6. The molecule has 1 N–H and O–H groups in total. The molecule has 0 heterocycles. The van der Waals surface area contributed by atoms with E-state index >= 15 is 0 Å². The van der Waals surface area contributed by atoms with Crippen molar-refractivity contribution < 1.29 is 32.8 Å². The molecule has 0 bridgehead atoms. The topological polar surface area (TPSA) is 91.3 Å². The van der Waals surface area contributed by atoms with Gasteiger partial charge < -0.3 is 14.4 Å². The van der Waals surface area contributed by atoms with Crippen LogP contribution in [0.5, 0.6) is 5.75 Å². The summed E-state index contributed by atoms with van der Waals surface area (Å²) < 4.78 is 32.2. The van der Waals surface area contributed by atoms with Gasteiger partial charge in [-0.2, -0.15) is 0 Å². The van der Waals surface area contributed by atoms with Crippen molar-refractivity contribution in [2.75, 3.05) is 26.9 Å². The number of phosphoric acid groups is 1. The Labute approximate surface area is 218 Å². The van der Waals surface area contributed by atoms with Gasteiger partial charge in [-0.3, -0.25) is 9.05 Å². The van der Waals surface area contributed by atoms with Crippen LogP contribution >= 0.6 is 7.82 Å². The Morgan fingerprint density at radius 2 is 1.25 bits per heavy atom. The van der Waals surface area contributed by atoms with Gasteiger partial charge in [-0.15, -0.1) is 0 Å². The zero-order chi connectivity index (χ0) is 26.3. The van der Waals surface area contributed by atoms with Crippen LogP contribution in [0.15, 0.2) is 30.3 Å². The summed E-state index contributed by atoms with van der Waals surface area (Å²) in [4.78, 5) is 21.5. The molecule has 0 aliphatic carbocycles. The van der Waals surface area contributed by atoms with Crippen LogP contribution in [-0.2, 0) is 23.1 Å². The molecular formula is C28H47O7P. The second-order valence-corrected chi connectivity index (χ2v) is 10.5. The number of hydrogen-bond donors (Lipinski definition) is 1. The molecule has 1 rings (SSSR count). The van der Waals surface area contributed by atoms with Crippen molar-refractivity contribution in [1.82, 2.24) is 0 Å². The molecular weight excluding hydrogens is 479 g/mol. The molecule has 0 aliphatic heterocycles. The number of ether oxygens (including phenoxy) is 2. The van der Waals surface area contributed by atoms with E-state index in [4.69, 9.17) is 18.5 Å². The molecule has 1 aromatic carbocycles. The number of rotatable bonds is 23. The van der Waals surface area contributed by atoms with Gasteiger partial charge in [0.1, 0.15) is 5.75 Å². The van der Waals surface area contributed by atoms with E-state index < -0.39 is 13.8 Å². The molecule has 0 saturated carbocycles. The van der Waals surface area contributed by atoms with Crippen molar-refractivity contribution in [2.45, 2.75) is 96.8 Å². The summed E-state index contributed by atoms with van der Waals surface area (Å²) in [7, 11) is -2.42. The molecule has 0 spiro atoms. The van der Waals surface area contributed by atoms with Gasteiger partial charge in [0, 0.05) is 6.08 Å². The number of benzene rings is 1. The molecule has 0 fully saturated rings. The lowest BCUT2D eigenvalue weighted by Gasteiger charge is -2.12.